The van der Waals surface area contributed by atoms with Crippen molar-refractivity contribution >= 4 is 0 Å². The number of unbranched alkanes of at least 4 members (excludes halogenated alkanes) is 32. The maximum atomic E-state index is 2.78. The van der Waals surface area contributed by atoms with Crippen LogP contribution in [0, 0.1) is 11.3 Å². The van der Waals surface area contributed by atoms with Gasteiger partial charge in [-0.25, -0.2) is 0 Å². The predicted molar refractivity (Wildman–Crippen MR) is 219 cm³/mol. The summed E-state index contributed by atoms with van der Waals surface area (Å²) < 4.78 is 0. The summed E-state index contributed by atoms with van der Waals surface area (Å²) in [6, 6.07) is 0. The zero-order valence-electron chi connectivity index (χ0n) is 34.4. The van der Waals surface area contributed by atoms with Gasteiger partial charge >= 0.3 is 0 Å². The third kappa shape index (κ3) is 32.9. The molecule has 0 fully saturated rings. The van der Waals surface area contributed by atoms with Crippen LogP contribution in [0.2, 0.25) is 0 Å². The SMILES string of the molecule is CCCCCCCCCCCCCCC(CCCCCCCCCC)C(C)(CCCCCCCCCC)CCCCCCCCCC. The van der Waals surface area contributed by atoms with Crippen LogP contribution in [0.5, 0.6) is 0 Å². The average molecular weight is 661 g/mol. The van der Waals surface area contributed by atoms with E-state index in [9.17, 15) is 0 Å². The van der Waals surface area contributed by atoms with Crippen LogP contribution in [0.15, 0.2) is 0 Å². The van der Waals surface area contributed by atoms with Crippen LogP contribution in [-0.4, -0.2) is 0 Å². The quantitative estimate of drug-likeness (QED) is 0.0572. The fraction of sp³-hybridized carbons (Fsp3) is 1.00. The Kier molecular flexibility index (Phi) is 38.8. The van der Waals surface area contributed by atoms with Crippen molar-refractivity contribution in [3.8, 4) is 0 Å². The molecule has 0 nitrogen and oxygen atoms in total. The lowest BCUT2D eigenvalue weighted by Gasteiger charge is -2.39. The monoisotopic (exact) mass is 661 g/mol. The molecule has 284 valence electrons. The Balaban J connectivity index is 4.91. The summed E-state index contributed by atoms with van der Waals surface area (Å²) in [7, 11) is 0. The van der Waals surface area contributed by atoms with Crippen molar-refractivity contribution in [1.82, 2.24) is 0 Å². The lowest BCUT2D eigenvalue weighted by atomic mass is 9.66. The number of hydrogen-bond donors (Lipinski definition) is 0. The van der Waals surface area contributed by atoms with Gasteiger partial charge in [0, 0.05) is 0 Å². The van der Waals surface area contributed by atoms with Gasteiger partial charge in [-0.15, -0.1) is 0 Å². The van der Waals surface area contributed by atoms with Crippen molar-refractivity contribution in [2.24, 2.45) is 11.3 Å². The summed E-state index contributed by atoms with van der Waals surface area (Å²) in [6.45, 7) is 12.1. The highest BCUT2D eigenvalue weighted by molar-refractivity contribution is 4.83. The molecule has 0 amide bonds. The van der Waals surface area contributed by atoms with Crippen molar-refractivity contribution in [3.05, 3.63) is 0 Å². The van der Waals surface area contributed by atoms with Crippen LogP contribution in [0.3, 0.4) is 0 Å². The van der Waals surface area contributed by atoms with E-state index < -0.39 is 0 Å². The number of rotatable bonds is 41. The van der Waals surface area contributed by atoms with Crippen molar-refractivity contribution in [3.63, 3.8) is 0 Å². The fourth-order valence-corrected chi connectivity index (χ4v) is 8.46. The fourth-order valence-electron chi connectivity index (χ4n) is 8.46. The molecule has 1 unspecified atom stereocenters. The van der Waals surface area contributed by atoms with Crippen LogP contribution in [0.1, 0.15) is 291 Å². The summed E-state index contributed by atoms with van der Waals surface area (Å²) >= 11 is 0. The molecule has 0 aliphatic carbocycles. The Hall–Kier alpha value is 0. The van der Waals surface area contributed by atoms with E-state index in [1.54, 1.807) is 0 Å². The van der Waals surface area contributed by atoms with Gasteiger partial charge < -0.3 is 0 Å². The molecule has 0 aliphatic heterocycles. The van der Waals surface area contributed by atoms with E-state index in [0.717, 1.165) is 5.92 Å². The molecule has 0 aromatic rings. The lowest BCUT2D eigenvalue weighted by Crippen LogP contribution is -2.28. The summed E-state index contributed by atoms with van der Waals surface area (Å²) in [5, 5.41) is 0. The second-order valence-corrected chi connectivity index (χ2v) is 16.7. The van der Waals surface area contributed by atoms with E-state index in [-0.39, 0.29) is 0 Å². The standard InChI is InChI=1S/C47H96/c1-6-10-14-18-22-26-27-28-29-31-35-39-43-46(42-38-34-30-23-19-15-11-7-2)47(5,44-40-36-32-24-20-16-12-8-3)45-41-37-33-25-21-17-13-9-4/h46H,6-45H2,1-5H3. The summed E-state index contributed by atoms with van der Waals surface area (Å²) in [4.78, 5) is 0. The Labute approximate surface area is 302 Å². The maximum Gasteiger partial charge on any atom is -0.0298 e. The van der Waals surface area contributed by atoms with Crippen molar-refractivity contribution < 1.29 is 0 Å². The van der Waals surface area contributed by atoms with Crippen LogP contribution in [0.4, 0.5) is 0 Å². The van der Waals surface area contributed by atoms with Crippen LogP contribution >= 0.6 is 0 Å². The minimum absolute atomic E-state index is 0.587. The lowest BCUT2D eigenvalue weighted by molar-refractivity contribution is 0.118. The topological polar surface area (TPSA) is 0 Å². The first kappa shape index (κ1) is 47.0. The first-order chi connectivity index (χ1) is 23.1. The summed E-state index contributed by atoms with van der Waals surface area (Å²) in [5.74, 6) is 0.972. The minimum Gasteiger partial charge on any atom is -0.0654 e. The summed E-state index contributed by atoms with van der Waals surface area (Å²) in [5.41, 5.74) is 0.587. The van der Waals surface area contributed by atoms with Gasteiger partial charge in [0.2, 0.25) is 0 Å². The van der Waals surface area contributed by atoms with E-state index in [0.29, 0.717) is 5.41 Å². The Morgan fingerprint density at radius 3 is 0.681 bits per heavy atom. The van der Waals surface area contributed by atoms with E-state index in [4.69, 9.17) is 0 Å². The molecular formula is C47H96. The van der Waals surface area contributed by atoms with Gasteiger partial charge in [0.1, 0.15) is 0 Å². The second-order valence-electron chi connectivity index (χ2n) is 16.7. The van der Waals surface area contributed by atoms with Gasteiger partial charge in [-0.3, -0.25) is 0 Å². The van der Waals surface area contributed by atoms with Crippen molar-refractivity contribution in [2.45, 2.75) is 291 Å². The predicted octanol–water partition coefficient (Wildman–Crippen LogP) is 18.3. The second kappa shape index (κ2) is 38.8. The smallest absolute Gasteiger partial charge is 0.0298 e. The van der Waals surface area contributed by atoms with Crippen LogP contribution < -0.4 is 0 Å². The molecule has 47 heavy (non-hydrogen) atoms. The first-order valence-corrected chi connectivity index (χ1v) is 23.1. The molecule has 1 atom stereocenters. The molecule has 0 heterocycles. The molecule has 0 N–H and O–H groups in total. The molecule has 0 heteroatoms. The van der Waals surface area contributed by atoms with Gasteiger partial charge in [0.15, 0.2) is 0 Å². The molecular weight excluding hydrogens is 565 g/mol. The molecule has 0 saturated heterocycles. The number of hydrogen-bond acceptors (Lipinski definition) is 0. The average Bonchev–Trinajstić information content (AvgIpc) is 3.07. The zero-order chi connectivity index (χ0) is 34.4. The van der Waals surface area contributed by atoms with Gasteiger partial charge in [-0.05, 0) is 37.0 Å². The Morgan fingerprint density at radius 1 is 0.255 bits per heavy atom. The molecule has 0 rings (SSSR count). The first-order valence-electron chi connectivity index (χ1n) is 23.1. The highest BCUT2D eigenvalue weighted by Crippen LogP contribution is 2.44. The van der Waals surface area contributed by atoms with Gasteiger partial charge in [-0.1, -0.05) is 266 Å². The van der Waals surface area contributed by atoms with E-state index in [2.05, 4.69) is 34.6 Å². The third-order valence-corrected chi connectivity index (χ3v) is 12.0. The molecule has 0 radical (unpaired) electrons. The third-order valence-electron chi connectivity index (χ3n) is 12.0. The van der Waals surface area contributed by atoms with Crippen molar-refractivity contribution in [1.29, 1.82) is 0 Å². The molecule has 0 spiro atoms. The Morgan fingerprint density at radius 2 is 0.447 bits per heavy atom. The van der Waals surface area contributed by atoms with E-state index >= 15 is 0 Å². The van der Waals surface area contributed by atoms with Crippen molar-refractivity contribution in [2.75, 3.05) is 0 Å². The highest BCUT2D eigenvalue weighted by atomic mass is 14.4. The van der Waals surface area contributed by atoms with Gasteiger partial charge in [0.25, 0.3) is 0 Å². The van der Waals surface area contributed by atoms with Gasteiger partial charge in [-0.2, -0.15) is 0 Å². The molecule has 0 aliphatic rings. The minimum atomic E-state index is 0.587. The van der Waals surface area contributed by atoms with E-state index in [1.165, 1.54) is 257 Å². The van der Waals surface area contributed by atoms with Crippen LogP contribution in [-0.2, 0) is 0 Å². The zero-order valence-corrected chi connectivity index (χ0v) is 34.4. The maximum absolute atomic E-state index is 2.78. The molecule has 0 aromatic heterocycles. The van der Waals surface area contributed by atoms with Gasteiger partial charge in [0.05, 0.1) is 0 Å². The molecule has 0 bridgehead atoms. The normalized spacial score (nSPS) is 12.7. The van der Waals surface area contributed by atoms with Crippen LogP contribution in [0.25, 0.3) is 0 Å². The largest absolute Gasteiger partial charge is 0.0654 e. The van der Waals surface area contributed by atoms with E-state index in [1.807, 2.05) is 0 Å². The summed E-state index contributed by atoms with van der Waals surface area (Å²) in [6.07, 6.45) is 58.9. The highest BCUT2D eigenvalue weighted by Gasteiger charge is 2.32. The molecule has 0 saturated carbocycles. The molecule has 0 aromatic carbocycles. The Bertz CT molecular complexity index is 528.